The molecule has 0 bridgehead atoms. The molecular weight excluding hydrogens is 426 g/mol. The van der Waals surface area contributed by atoms with Crippen molar-refractivity contribution < 1.29 is 18.0 Å². The molecule has 2 rings (SSSR count). The van der Waals surface area contributed by atoms with Gasteiger partial charge in [-0.15, -0.1) is 0 Å². The molecule has 0 aliphatic rings. The van der Waals surface area contributed by atoms with Crippen molar-refractivity contribution in [3.63, 3.8) is 0 Å². The van der Waals surface area contributed by atoms with Crippen LogP contribution in [0.5, 0.6) is 0 Å². The number of nitrogens with one attached hydrogen (secondary N) is 1. The molecular formula is C21H26ClN3O4S. The molecule has 0 fully saturated rings. The number of benzene rings is 2. The Morgan fingerprint density at radius 2 is 1.70 bits per heavy atom. The summed E-state index contributed by atoms with van der Waals surface area (Å²) >= 11 is 6.22. The molecule has 0 saturated heterocycles. The molecule has 1 atom stereocenters. The molecule has 0 unspecified atom stereocenters. The zero-order valence-electron chi connectivity index (χ0n) is 17.4. The lowest BCUT2D eigenvalue weighted by Gasteiger charge is -2.30. The zero-order valence-corrected chi connectivity index (χ0v) is 19.0. The Morgan fingerprint density at radius 3 is 2.27 bits per heavy atom. The number of carbonyl (C=O) groups is 2. The molecule has 0 radical (unpaired) electrons. The van der Waals surface area contributed by atoms with Gasteiger partial charge >= 0.3 is 0 Å². The van der Waals surface area contributed by atoms with Gasteiger partial charge in [0, 0.05) is 25.7 Å². The summed E-state index contributed by atoms with van der Waals surface area (Å²) in [5, 5.41) is 2.98. The summed E-state index contributed by atoms with van der Waals surface area (Å²) < 4.78 is 26.6. The maximum absolute atomic E-state index is 13.1. The predicted molar refractivity (Wildman–Crippen MR) is 117 cm³/mol. The van der Waals surface area contributed by atoms with E-state index < -0.39 is 28.5 Å². The molecule has 7 nitrogen and oxygen atoms in total. The van der Waals surface area contributed by atoms with Crippen LogP contribution in [0.4, 0.5) is 0 Å². The number of aryl methyl sites for hydroxylation is 1. The number of amides is 2. The van der Waals surface area contributed by atoms with Crippen LogP contribution < -0.4 is 5.32 Å². The van der Waals surface area contributed by atoms with Crippen LogP contribution in [-0.2, 0) is 26.2 Å². The molecule has 0 saturated carbocycles. The first-order valence-electron chi connectivity index (χ1n) is 9.35. The highest BCUT2D eigenvalue weighted by atomic mass is 35.5. The Morgan fingerprint density at radius 1 is 1.10 bits per heavy atom. The molecule has 2 amide bonds. The zero-order chi connectivity index (χ0) is 22.5. The van der Waals surface area contributed by atoms with Gasteiger partial charge in [-0.3, -0.25) is 9.59 Å². The predicted octanol–water partition coefficient (Wildman–Crippen LogP) is 2.43. The van der Waals surface area contributed by atoms with E-state index in [0.29, 0.717) is 10.6 Å². The van der Waals surface area contributed by atoms with E-state index in [4.69, 9.17) is 11.6 Å². The van der Waals surface area contributed by atoms with E-state index in [9.17, 15) is 18.0 Å². The monoisotopic (exact) mass is 451 g/mol. The third-order valence-electron chi connectivity index (χ3n) is 4.80. The highest BCUT2D eigenvalue weighted by Crippen LogP contribution is 2.20. The number of nitrogens with zero attached hydrogens (tertiary/aromatic N) is 2. The summed E-state index contributed by atoms with van der Waals surface area (Å²) in [7, 11) is -1.04. The van der Waals surface area contributed by atoms with Gasteiger partial charge in [0.1, 0.15) is 6.04 Å². The Bertz CT molecular complexity index is 1010. The average Bonchev–Trinajstić information content (AvgIpc) is 2.72. The summed E-state index contributed by atoms with van der Waals surface area (Å²) in [6, 6.07) is 12.6. The summed E-state index contributed by atoms with van der Waals surface area (Å²) in [5.74, 6) is -0.872. The van der Waals surface area contributed by atoms with E-state index >= 15 is 0 Å². The smallest absolute Gasteiger partial charge is 0.243 e. The standard InChI is InChI=1S/C21H26ClN3O4S/c1-15-9-11-18(12-10-15)30(28,29)24(4)14-20(26)25(16(2)21(27)23-3)13-17-7-5-6-8-19(17)22/h5-12,16H,13-14H2,1-4H3,(H,23,27)/t16-/m1/s1. The van der Waals surface area contributed by atoms with Crippen LogP contribution >= 0.6 is 11.6 Å². The lowest BCUT2D eigenvalue weighted by atomic mass is 10.1. The van der Waals surface area contributed by atoms with Gasteiger partial charge in [-0.2, -0.15) is 4.31 Å². The van der Waals surface area contributed by atoms with E-state index in [2.05, 4.69) is 5.32 Å². The fourth-order valence-corrected chi connectivity index (χ4v) is 4.17. The minimum Gasteiger partial charge on any atom is -0.357 e. The van der Waals surface area contributed by atoms with Crippen molar-refractivity contribution in [2.24, 2.45) is 0 Å². The number of sulfonamides is 1. The van der Waals surface area contributed by atoms with Gasteiger partial charge < -0.3 is 10.2 Å². The SMILES string of the molecule is CNC(=O)[C@@H](C)N(Cc1ccccc1Cl)C(=O)CN(C)S(=O)(=O)c1ccc(C)cc1. The number of carbonyl (C=O) groups excluding carboxylic acids is 2. The fraction of sp³-hybridized carbons (Fsp3) is 0.333. The van der Waals surface area contributed by atoms with Gasteiger partial charge in [-0.25, -0.2) is 8.42 Å². The molecule has 162 valence electrons. The second-order valence-electron chi connectivity index (χ2n) is 6.98. The van der Waals surface area contributed by atoms with Crippen molar-refractivity contribution in [1.82, 2.24) is 14.5 Å². The second kappa shape index (κ2) is 10.1. The molecule has 0 spiro atoms. The van der Waals surface area contributed by atoms with Gasteiger partial charge in [0.05, 0.1) is 11.4 Å². The molecule has 1 N–H and O–H groups in total. The third kappa shape index (κ3) is 5.59. The first-order chi connectivity index (χ1) is 14.1. The summed E-state index contributed by atoms with van der Waals surface area (Å²) in [6.07, 6.45) is 0. The maximum Gasteiger partial charge on any atom is 0.243 e. The second-order valence-corrected chi connectivity index (χ2v) is 9.43. The molecule has 0 heterocycles. The highest BCUT2D eigenvalue weighted by Gasteiger charge is 2.30. The molecule has 30 heavy (non-hydrogen) atoms. The largest absolute Gasteiger partial charge is 0.357 e. The van der Waals surface area contributed by atoms with E-state index in [1.54, 1.807) is 43.3 Å². The van der Waals surface area contributed by atoms with Crippen molar-refractivity contribution >= 4 is 33.4 Å². The normalized spacial score (nSPS) is 12.5. The van der Waals surface area contributed by atoms with Crippen LogP contribution in [0.1, 0.15) is 18.1 Å². The van der Waals surface area contributed by atoms with E-state index in [1.807, 2.05) is 6.92 Å². The lowest BCUT2D eigenvalue weighted by Crippen LogP contribution is -2.50. The van der Waals surface area contributed by atoms with Gasteiger partial charge in [0.2, 0.25) is 21.8 Å². The maximum atomic E-state index is 13.1. The van der Waals surface area contributed by atoms with E-state index in [-0.39, 0.29) is 17.3 Å². The Labute approximate surface area is 182 Å². The van der Waals surface area contributed by atoms with Gasteiger partial charge in [0.25, 0.3) is 0 Å². The van der Waals surface area contributed by atoms with Crippen molar-refractivity contribution in [3.05, 3.63) is 64.7 Å². The average molecular weight is 452 g/mol. The summed E-state index contributed by atoms with van der Waals surface area (Å²) in [4.78, 5) is 26.7. The van der Waals surface area contributed by atoms with Crippen molar-refractivity contribution in [3.8, 4) is 0 Å². The molecule has 0 aliphatic heterocycles. The lowest BCUT2D eigenvalue weighted by molar-refractivity contribution is -0.140. The summed E-state index contributed by atoms with van der Waals surface area (Å²) in [6.45, 7) is 3.10. The molecule has 2 aromatic carbocycles. The Balaban J connectivity index is 2.27. The van der Waals surface area contributed by atoms with Gasteiger partial charge in [-0.05, 0) is 37.6 Å². The number of halogens is 1. The Kier molecular flexibility index (Phi) is 8.00. The quantitative estimate of drug-likeness (QED) is 0.667. The van der Waals surface area contributed by atoms with E-state index in [1.165, 1.54) is 31.1 Å². The molecule has 9 heteroatoms. The van der Waals surface area contributed by atoms with Crippen LogP contribution in [-0.4, -0.2) is 56.1 Å². The highest BCUT2D eigenvalue weighted by molar-refractivity contribution is 7.89. The minimum absolute atomic E-state index is 0.0749. The van der Waals surface area contributed by atoms with Gasteiger partial charge in [0.15, 0.2) is 0 Å². The first-order valence-corrected chi connectivity index (χ1v) is 11.2. The fourth-order valence-electron chi connectivity index (χ4n) is 2.86. The van der Waals surface area contributed by atoms with Crippen molar-refractivity contribution in [2.45, 2.75) is 31.3 Å². The number of likely N-dealkylation sites (N-methyl/N-ethyl adjacent to an activating group) is 2. The topological polar surface area (TPSA) is 86.8 Å². The van der Waals surface area contributed by atoms with E-state index in [0.717, 1.165) is 9.87 Å². The number of hydrogen-bond donors (Lipinski definition) is 1. The van der Waals surface area contributed by atoms with Crippen molar-refractivity contribution in [1.29, 1.82) is 0 Å². The van der Waals surface area contributed by atoms with Crippen LogP contribution in [0.3, 0.4) is 0 Å². The first kappa shape index (κ1) is 23.9. The van der Waals surface area contributed by atoms with Crippen LogP contribution in [0.15, 0.2) is 53.4 Å². The number of rotatable bonds is 8. The molecule has 0 aromatic heterocycles. The summed E-state index contributed by atoms with van der Waals surface area (Å²) in [5.41, 5.74) is 1.59. The van der Waals surface area contributed by atoms with Crippen LogP contribution in [0.25, 0.3) is 0 Å². The van der Waals surface area contributed by atoms with Crippen LogP contribution in [0, 0.1) is 6.92 Å². The van der Waals surface area contributed by atoms with Crippen LogP contribution in [0.2, 0.25) is 5.02 Å². The molecule has 0 aliphatic carbocycles. The minimum atomic E-state index is -3.86. The van der Waals surface area contributed by atoms with Gasteiger partial charge in [-0.1, -0.05) is 47.5 Å². The molecule has 2 aromatic rings. The van der Waals surface area contributed by atoms with Crippen molar-refractivity contribution in [2.75, 3.05) is 20.6 Å². The third-order valence-corrected chi connectivity index (χ3v) is 6.99. The Hall–Kier alpha value is -2.42. The number of hydrogen-bond acceptors (Lipinski definition) is 4.